The zero-order valence-electron chi connectivity index (χ0n) is 33.8. The summed E-state index contributed by atoms with van der Waals surface area (Å²) in [5, 5.41) is 2.90. The fraction of sp³-hybridized carbons (Fsp3) is 0.957. The Kier molecular flexibility index (Phi) is 33.5. The fourth-order valence-electron chi connectivity index (χ4n) is 8.34. The molecule has 1 fully saturated rings. The van der Waals surface area contributed by atoms with E-state index >= 15 is 0 Å². The predicted molar refractivity (Wildman–Crippen MR) is 216 cm³/mol. The van der Waals surface area contributed by atoms with Crippen LogP contribution in [0.1, 0.15) is 277 Å². The van der Waals surface area contributed by atoms with Crippen LogP contribution < -0.4 is 5.32 Å². The monoisotopic (exact) mass is 688 g/mol. The van der Waals surface area contributed by atoms with Gasteiger partial charge in [0.05, 0.1) is 0 Å². The molecule has 0 radical (unpaired) electrons. The molecular weight excluding hydrogens is 599 g/mol. The number of hydrogen-bond donors (Lipinski definition) is 1. The fourth-order valence-corrected chi connectivity index (χ4v) is 8.34. The Labute approximate surface area is 308 Å². The SMILES string of the molecule is CCCCCCCCCCCCCCCCCCC1(CCCCCCCCCCCCCCCCCC)CCCCCCCC(=O)NC1=O. The molecule has 1 saturated heterocycles. The van der Waals surface area contributed by atoms with Crippen molar-refractivity contribution >= 4 is 11.8 Å². The van der Waals surface area contributed by atoms with Crippen molar-refractivity contribution in [3.05, 3.63) is 0 Å². The lowest BCUT2D eigenvalue weighted by molar-refractivity contribution is -0.138. The maximum atomic E-state index is 13.7. The predicted octanol–water partition coefficient (Wildman–Crippen LogP) is 15.7. The largest absolute Gasteiger partial charge is 0.296 e. The van der Waals surface area contributed by atoms with Crippen molar-refractivity contribution in [2.75, 3.05) is 0 Å². The molecule has 0 unspecified atom stereocenters. The van der Waals surface area contributed by atoms with Gasteiger partial charge in [-0.3, -0.25) is 14.9 Å². The molecule has 1 heterocycles. The Morgan fingerprint density at radius 1 is 0.388 bits per heavy atom. The number of nitrogens with one attached hydrogen (secondary N) is 1. The molecule has 0 aromatic heterocycles. The van der Waals surface area contributed by atoms with Gasteiger partial charge in [-0.25, -0.2) is 0 Å². The van der Waals surface area contributed by atoms with Crippen molar-refractivity contribution < 1.29 is 9.59 Å². The number of hydrogen-bond acceptors (Lipinski definition) is 2. The molecule has 3 nitrogen and oxygen atoms in total. The van der Waals surface area contributed by atoms with Crippen LogP contribution in [-0.4, -0.2) is 11.8 Å². The van der Waals surface area contributed by atoms with E-state index in [0.717, 1.165) is 51.4 Å². The van der Waals surface area contributed by atoms with E-state index in [1.54, 1.807) is 0 Å². The summed E-state index contributed by atoms with van der Waals surface area (Å²) >= 11 is 0. The van der Waals surface area contributed by atoms with E-state index in [4.69, 9.17) is 0 Å². The summed E-state index contributed by atoms with van der Waals surface area (Å²) < 4.78 is 0. The highest BCUT2D eigenvalue weighted by Gasteiger charge is 2.37. The van der Waals surface area contributed by atoms with Crippen LogP contribution in [0.5, 0.6) is 0 Å². The molecular formula is C46H89NO2. The number of carbonyl (C=O) groups excluding carboxylic acids is 2. The summed E-state index contributed by atoms with van der Waals surface area (Å²) in [6.45, 7) is 4.59. The molecule has 1 rings (SSSR count). The highest BCUT2D eigenvalue weighted by Crippen LogP contribution is 2.38. The van der Waals surface area contributed by atoms with Gasteiger partial charge in [0.2, 0.25) is 11.8 Å². The minimum atomic E-state index is -0.327. The van der Waals surface area contributed by atoms with E-state index < -0.39 is 0 Å². The Morgan fingerprint density at radius 2 is 0.673 bits per heavy atom. The third-order valence-corrected chi connectivity index (χ3v) is 11.8. The highest BCUT2D eigenvalue weighted by molar-refractivity contribution is 5.98. The number of amides is 2. The van der Waals surface area contributed by atoms with Gasteiger partial charge in [-0.1, -0.05) is 245 Å². The van der Waals surface area contributed by atoms with Gasteiger partial charge in [-0.15, -0.1) is 0 Å². The molecule has 0 saturated carbocycles. The molecule has 0 atom stereocenters. The van der Waals surface area contributed by atoms with Crippen LogP contribution in [0.25, 0.3) is 0 Å². The molecule has 0 aromatic carbocycles. The Balaban J connectivity index is 2.28. The first-order valence-corrected chi connectivity index (χ1v) is 23.0. The van der Waals surface area contributed by atoms with Gasteiger partial charge < -0.3 is 0 Å². The zero-order chi connectivity index (χ0) is 35.4. The average Bonchev–Trinajstić information content (AvgIpc) is 3.12. The van der Waals surface area contributed by atoms with Crippen LogP contribution >= 0.6 is 0 Å². The van der Waals surface area contributed by atoms with Crippen LogP contribution in [0, 0.1) is 5.41 Å². The molecule has 0 spiro atoms. The molecule has 0 aliphatic carbocycles. The third kappa shape index (κ3) is 28.4. The molecule has 3 heteroatoms. The Bertz CT molecular complexity index is 682. The normalized spacial score (nSPS) is 15.7. The summed E-state index contributed by atoms with van der Waals surface area (Å²) in [4.78, 5) is 26.4. The molecule has 290 valence electrons. The minimum absolute atomic E-state index is 0.0322. The van der Waals surface area contributed by atoms with E-state index in [9.17, 15) is 9.59 Å². The van der Waals surface area contributed by atoms with Gasteiger partial charge in [-0.05, 0) is 25.7 Å². The molecule has 0 bridgehead atoms. The van der Waals surface area contributed by atoms with Crippen molar-refractivity contribution in [3.63, 3.8) is 0 Å². The smallest absolute Gasteiger partial charge is 0.232 e. The van der Waals surface area contributed by atoms with Gasteiger partial charge in [0.25, 0.3) is 0 Å². The van der Waals surface area contributed by atoms with Crippen molar-refractivity contribution in [1.82, 2.24) is 5.32 Å². The second-order valence-corrected chi connectivity index (χ2v) is 16.5. The van der Waals surface area contributed by atoms with Gasteiger partial charge in [0.15, 0.2) is 0 Å². The van der Waals surface area contributed by atoms with Crippen LogP contribution in [0.15, 0.2) is 0 Å². The molecule has 1 aliphatic heterocycles. The van der Waals surface area contributed by atoms with Crippen molar-refractivity contribution in [1.29, 1.82) is 0 Å². The van der Waals surface area contributed by atoms with Gasteiger partial charge in [0, 0.05) is 11.8 Å². The first kappa shape index (κ1) is 46.2. The lowest BCUT2D eigenvalue weighted by atomic mass is 9.73. The maximum absolute atomic E-state index is 13.7. The van der Waals surface area contributed by atoms with Crippen LogP contribution in [0.3, 0.4) is 0 Å². The van der Waals surface area contributed by atoms with Crippen molar-refractivity contribution in [2.24, 2.45) is 5.41 Å². The summed E-state index contributed by atoms with van der Waals surface area (Å²) in [6, 6.07) is 0. The van der Waals surface area contributed by atoms with E-state index in [1.165, 1.54) is 205 Å². The standard InChI is InChI=1S/C46H89NO2/c1-3-5-7-9-11-13-15-17-19-21-23-25-27-29-33-37-41-46(43-39-35-31-32-36-40-44(48)47-45(46)49)42-38-34-30-28-26-24-22-20-18-16-14-12-10-8-6-4-2/h3-43H2,1-2H3,(H,47,48,49). The molecule has 1 N–H and O–H groups in total. The lowest BCUT2D eigenvalue weighted by Gasteiger charge is -2.33. The summed E-state index contributed by atoms with van der Waals surface area (Å²) in [6.07, 6.45) is 53.0. The van der Waals surface area contributed by atoms with E-state index in [1.807, 2.05) is 0 Å². The molecule has 2 amide bonds. The quantitative estimate of drug-likeness (QED) is 0.0540. The van der Waals surface area contributed by atoms with Crippen molar-refractivity contribution in [3.8, 4) is 0 Å². The second kappa shape index (κ2) is 35.5. The van der Waals surface area contributed by atoms with Gasteiger partial charge >= 0.3 is 0 Å². The number of rotatable bonds is 34. The third-order valence-electron chi connectivity index (χ3n) is 11.8. The average molecular weight is 688 g/mol. The topological polar surface area (TPSA) is 46.2 Å². The van der Waals surface area contributed by atoms with Crippen LogP contribution in [-0.2, 0) is 9.59 Å². The zero-order valence-corrected chi connectivity index (χ0v) is 33.8. The van der Waals surface area contributed by atoms with E-state index in [-0.39, 0.29) is 17.2 Å². The maximum Gasteiger partial charge on any atom is 0.232 e. The molecule has 0 aromatic rings. The van der Waals surface area contributed by atoms with E-state index in [0.29, 0.717) is 6.42 Å². The lowest BCUT2D eigenvalue weighted by Crippen LogP contribution is -2.44. The van der Waals surface area contributed by atoms with Crippen LogP contribution in [0.2, 0.25) is 0 Å². The Morgan fingerprint density at radius 3 is 1.02 bits per heavy atom. The molecule has 49 heavy (non-hydrogen) atoms. The second-order valence-electron chi connectivity index (χ2n) is 16.5. The van der Waals surface area contributed by atoms with Gasteiger partial charge in [0.1, 0.15) is 0 Å². The summed E-state index contributed by atoms with van der Waals surface area (Å²) in [5.41, 5.74) is -0.327. The van der Waals surface area contributed by atoms with E-state index in [2.05, 4.69) is 19.2 Å². The summed E-state index contributed by atoms with van der Waals surface area (Å²) in [5.74, 6) is 0.0385. The highest BCUT2D eigenvalue weighted by atomic mass is 16.2. The van der Waals surface area contributed by atoms with Crippen molar-refractivity contribution in [2.45, 2.75) is 277 Å². The minimum Gasteiger partial charge on any atom is -0.296 e. The first-order chi connectivity index (χ1) is 24.1. The Hall–Kier alpha value is -0.860. The number of carbonyl (C=O) groups is 2. The van der Waals surface area contributed by atoms with Gasteiger partial charge in [-0.2, -0.15) is 0 Å². The number of unbranched alkanes of at least 4 members (excludes halogenated alkanes) is 30. The van der Waals surface area contributed by atoms with Crippen LogP contribution in [0.4, 0.5) is 0 Å². The first-order valence-electron chi connectivity index (χ1n) is 23.0. The molecule has 1 aliphatic rings. The summed E-state index contributed by atoms with van der Waals surface area (Å²) in [7, 11) is 0. The number of imide groups is 1.